The van der Waals surface area contributed by atoms with Crippen LogP contribution in [0.4, 0.5) is 11.4 Å². The highest BCUT2D eigenvalue weighted by molar-refractivity contribution is 9.10. The Labute approximate surface area is 90.8 Å². The molecule has 0 saturated heterocycles. The van der Waals surface area contributed by atoms with Crippen LogP contribution < -0.4 is 4.90 Å². The van der Waals surface area contributed by atoms with E-state index in [4.69, 9.17) is 0 Å². The van der Waals surface area contributed by atoms with E-state index in [-0.39, 0.29) is 10.6 Å². The van der Waals surface area contributed by atoms with Crippen molar-refractivity contribution in [3.05, 3.63) is 32.3 Å². The predicted octanol–water partition coefficient (Wildman–Crippen LogP) is 2.73. The maximum atomic E-state index is 10.8. The van der Waals surface area contributed by atoms with Gasteiger partial charge in [-0.3, -0.25) is 10.1 Å². The maximum Gasteiger partial charge on any atom is 0.288 e. The monoisotopic (exact) mass is 258 g/mol. The third-order valence-electron chi connectivity index (χ3n) is 2.02. The van der Waals surface area contributed by atoms with Crippen LogP contribution in [0.25, 0.3) is 0 Å². The molecule has 0 N–H and O–H groups in total. The number of benzene rings is 1. The van der Waals surface area contributed by atoms with Crippen molar-refractivity contribution in [2.75, 3.05) is 19.0 Å². The van der Waals surface area contributed by atoms with Gasteiger partial charge < -0.3 is 4.90 Å². The van der Waals surface area contributed by atoms with Crippen LogP contribution in [0, 0.1) is 17.0 Å². The van der Waals surface area contributed by atoms with Gasteiger partial charge in [0.2, 0.25) is 0 Å². The van der Waals surface area contributed by atoms with Crippen LogP contribution in [0.1, 0.15) is 5.56 Å². The molecule has 1 aromatic carbocycles. The van der Waals surface area contributed by atoms with E-state index in [0.29, 0.717) is 10.0 Å². The lowest BCUT2D eigenvalue weighted by Crippen LogP contribution is -2.11. The first kappa shape index (κ1) is 11.0. The molecule has 0 aliphatic carbocycles. The number of nitro benzene ring substituents is 1. The van der Waals surface area contributed by atoms with E-state index in [0.717, 1.165) is 5.69 Å². The van der Waals surface area contributed by atoms with Crippen molar-refractivity contribution in [3.63, 3.8) is 0 Å². The fourth-order valence-electron chi connectivity index (χ4n) is 1.37. The number of halogens is 1. The lowest BCUT2D eigenvalue weighted by Gasteiger charge is -2.15. The van der Waals surface area contributed by atoms with Gasteiger partial charge in [0.05, 0.1) is 15.0 Å². The highest BCUT2D eigenvalue weighted by atomic mass is 79.9. The van der Waals surface area contributed by atoms with Gasteiger partial charge in [-0.1, -0.05) is 0 Å². The molecule has 0 aliphatic rings. The molecule has 0 spiro atoms. The van der Waals surface area contributed by atoms with Crippen molar-refractivity contribution in [3.8, 4) is 0 Å². The predicted molar refractivity (Wildman–Crippen MR) is 59.9 cm³/mol. The summed E-state index contributed by atoms with van der Waals surface area (Å²) in [5.41, 5.74) is 1.67. The smallest absolute Gasteiger partial charge is 0.288 e. The third-order valence-corrected chi connectivity index (χ3v) is 2.66. The molecular formula is C9H11BrN2O2. The summed E-state index contributed by atoms with van der Waals surface area (Å²) in [6, 6.07) is 3.55. The fourth-order valence-corrected chi connectivity index (χ4v) is 1.94. The SMILES string of the molecule is Cc1c(N(C)C)ccc(Br)c1[N+](=O)[O-]. The topological polar surface area (TPSA) is 46.4 Å². The highest BCUT2D eigenvalue weighted by Crippen LogP contribution is 2.34. The summed E-state index contributed by atoms with van der Waals surface area (Å²) in [5, 5.41) is 10.8. The Balaban J connectivity index is 3.41. The van der Waals surface area contributed by atoms with Gasteiger partial charge >= 0.3 is 0 Å². The van der Waals surface area contributed by atoms with Crippen LogP contribution in [0.3, 0.4) is 0 Å². The van der Waals surface area contributed by atoms with Crippen LogP contribution in [-0.2, 0) is 0 Å². The molecule has 1 rings (SSSR count). The minimum Gasteiger partial charge on any atom is -0.377 e. The average molecular weight is 259 g/mol. The van der Waals surface area contributed by atoms with Crippen molar-refractivity contribution < 1.29 is 4.92 Å². The average Bonchev–Trinajstić information content (AvgIpc) is 2.02. The van der Waals surface area contributed by atoms with Gasteiger partial charge in [-0.15, -0.1) is 0 Å². The second-order valence-electron chi connectivity index (χ2n) is 3.19. The second-order valence-corrected chi connectivity index (χ2v) is 4.05. The van der Waals surface area contributed by atoms with Gasteiger partial charge in [-0.05, 0) is 35.0 Å². The van der Waals surface area contributed by atoms with Gasteiger partial charge in [0, 0.05) is 19.8 Å². The molecule has 0 fully saturated rings. The van der Waals surface area contributed by atoms with E-state index in [1.807, 2.05) is 25.1 Å². The van der Waals surface area contributed by atoms with Gasteiger partial charge in [0.15, 0.2) is 0 Å². The van der Waals surface area contributed by atoms with Crippen molar-refractivity contribution >= 4 is 27.3 Å². The normalized spacial score (nSPS) is 10.0. The van der Waals surface area contributed by atoms with E-state index in [1.54, 1.807) is 13.0 Å². The molecule has 14 heavy (non-hydrogen) atoms. The van der Waals surface area contributed by atoms with Crippen molar-refractivity contribution in [2.45, 2.75) is 6.92 Å². The molecular weight excluding hydrogens is 248 g/mol. The second kappa shape index (κ2) is 3.96. The zero-order chi connectivity index (χ0) is 10.9. The fraction of sp³-hybridized carbons (Fsp3) is 0.333. The van der Waals surface area contributed by atoms with Crippen LogP contribution in [0.2, 0.25) is 0 Å². The number of nitro groups is 1. The van der Waals surface area contributed by atoms with E-state index in [2.05, 4.69) is 15.9 Å². The summed E-state index contributed by atoms with van der Waals surface area (Å²) in [6.45, 7) is 1.75. The maximum absolute atomic E-state index is 10.8. The van der Waals surface area contributed by atoms with Crippen LogP contribution >= 0.6 is 15.9 Å². The molecule has 0 atom stereocenters. The molecule has 1 aromatic rings. The molecule has 0 amide bonds. The van der Waals surface area contributed by atoms with E-state index in [9.17, 15) is 10.1 Å². The number of nitrogens with zero attached hydrogens (tertiary/aromatic N) is 2. The Hall–Kier alpha value is -1.10. The Bertz CT molecular complexity index is 377. The zero-order valence-corrected chi connectivity index (χ0v) is 9.83. The first-order chi connectivity index (χ1) is 6.45. The lowest BCUT2D eigenvalue weighted by molar-refractivity contribution is -0.386. The van der Waals surface area contributed by atoms with Gasteiger partial charge in [-0.2, -0.15) is 0 Å². The van der Waals surface area contributed by atoms with Gasteiger partial charge in [-0.25, -0.2) is 0 Å². The van der Waals surface area contributed by atoms with Crippen LogP contribution in [0.15, 0.2) is 16.6 Å². The molecule has 0 bridgehead atoms. The number of hydrogen-bond donors (Lipinski definition) is 0. The summed E-state index contributed by atoms with van der Waals surface area (Å²) in [5.74, 6) is 0. The quantitative estimate of drug-likeness (QED) is 0.606. The van der Waals surface area contributed by atoms with Crippen molar-refractivity contribution in [1.29, 1.82) is 0 Å². The van der Waals surface area contributed by atoms with Gasteiger partial charge in [0.25, 0.3) is 5.69 Å². The summed E-state index contributed by atoms with van der Waals surface area (Å²) >= 11 is 3.17. The zero-order valence-electron chi connectivity index (χ0n) is 8.24. The Kier molecular flexibility index (Phi) is 3.10. The Morgan fingerprint density at radius 2 is 2.00 bits per heavy atom. The number of anilines is 1. The molecule has 4 nitrogen and oxygen atoms in total. The van der Waals surface area contributed by atoms with Crippen LogP contribution in [0.5, 0.6) is 0 Å². The molecule has 0 heterocycles. The molecule has 5 heteroatoms. The third kappa shape index (κ3) is 1.87. The largest absolute Gasteiger partial charge is 0.377 e. The number of hydrogen-bond acceptors (Lipinski definition) is 3. The van der Waals surface area contributed by atoms with Crippen molar-refractivity contribution in [2.24, 2.45) is 0 Å². The highest BCUT2D eigenvalue weighted by Gasteiger charge is 2.18. The number of rotatable bonds is 2. The summed E-state index contributed by atoms with van der Waals surface area (Å²) in [6.07, 6.45) is 0. The van der Waals surface area contributed by atoms with Crippen molar-refractivity contribution in [1.82, 2.24) is 0 Å². The first-order valence-electron chi connectivity index (χ1n) is 4.06. The van der Waals surface area contributed by atoms with E-state index < -0.39 is 0 Å². The molecule has 0 aliphatic heterocycles. The minimum atomic E-state index is -0.369. The Morgan fingerprint density at radius 1 is 1.43 bits per heavy atom. The standard InChI is InChI=1S/C9H11BrN2O2/c1-6-8(11(2)3)5-4-7(10)9(6)12(13)14/h4-5H,1-3H3. The molecule has 0 aromatic heterocycles. The molecule has 76 valence electrons. The summed E-state index contributed by atoms with van der Waals surface area (Å²) < 4.78 is 0.519. The Morgan fingerprint density at radius 3 is 2.43 bits per heavy atom. The minimum absolute atomic E-state index is 0.135. The first-order valence-corrected chi connectivity index (χ1v) is 4.85. The van der Waals surface area contributed by atoms with E-state index in [1.165, 1.54) is 0 Å². The summed E-state index contributed by atoms with van der Waals surface area (Å²) in [4.78, 5) is 12.3. The molecule has 0 unspecified atom stereocenters. The van der Waals surface area contributed by atoms with E-state index >= 15 is 0 Å². The van der Waals surface area contributed by atoms with Gasteiger partial charge in [0.1, 0.15) is 0 Å². The molecule has 0 radical (unpaired) electrons. The summed E-state index contributed by atoms with van der Waals surface area (Å²) in [7, 11) is 3.72. The lowest BCUT2D eigenvalue weighted by atomic mass is 10.1. The van der Waals surface area contributed by atoms with Crippen LogP contribution in [-0.4, -0.2) is 19.0 Å². The molecule has 0 saturated carbocycles.